The second-order valence-electron chi connectivity index (χ2n) is 5.74. The lowest BCUT2D eigenvalue weighted by molar-refractivity contribution is 0.0346. The Morgan fingerprint density at radius 1 is 1.19 bits per heavy atom. The minimum absolute atomic E-state index is 0.504. The van der Waals surface area contributed by atoms with E-state index in [1.165, 1.54) is 51.5 Å². The Kier molecular flexibility index (Phi) is 4.66. The Labute approximate surface area is 100 Å². The first kappa shape index (κ1) is 12.4. The highest BCUT2D eigenvalue weighted by molar-refractivity contribution is 4.81. The van der Waals surface area contributed by atoms with E-state index in [0.29, 0.717) is 12.2 Å². The molecule has 0 aromatic heterocycles. The first-order chi connectivity index (χ1) is 7.79. The zero-order valence-corrected chi connectivity index (χ0v) is 10.9. The van der Waals surface area contributed by atoms with Gasteiger partial charge < -0.3 is 10.1 Å². The van der Waals surface area contributed by atoms with Crippen LogP contribution in [-0.4, -0.2) is 25.8 Å². The van der Waals surface area contributed by atoms with Crippen LogP contribution in [0.1, 0.15) is 51.9 Å². The Morgan fingerprint density at radius 3 is 2.50 bits per heavy atom. The van der Waals surface area contributed by atoms with Gasteiger partial charge in [0.25, 0.3) is 0 Å². The van der Waals surface area contributed by atoms with Gasteiger partial charge in [0.15, 0.2) is 0 Å². The van der Waals surface area contributed by atoms with E-state index in [1.807, 2.05) is 0 Å². The molecule has 1 saturated carbocycles. The molecule has 1 saturated heterocycles. The third-order valence-corrected chi connectivity index (χ3v) is 4.42. The highest BCUT2D eigenvalue weighted by atomic mass is 16.5. The molecule has 3 unspecified atom stereocenters. The van der Waals surface area contributed by atoms with Gasteiger partial charge in [-0.05, 0) is 51.6 Å². The molecule has 1 N–H and O–H groups in total. The van der Waals surface area contributed by atoms with E-state index in [2.05, 4.69) is 19.3 Å². The van der Waals surface area contributed by atoms with Crippen LogP contribution in [0.15, 0.2) is 0 Å². The molecule has 1 aliphatic carbocycles. The van der Waals surface area contributed by atoms with Crippen LogP contribution in [0.2, 0.25) is 0 Å². The normalized spacial score (nSPS) is 33.4. The van der Waals surface area contributed by atoms with Crippen molar-refractivity contribution in [2.24, 2.45) is 11.8 Å². The van der Waals surface area contributed by atoms with Gasteiger partial charge in [-0.1, -0.05) is 25.7 Å². The van der Waals surface area contributed by atoms with E-state index in [-0.39, 0.29) is 0 Å². The lowest BCUT2D eigenvalue weighted by Gasteiger charge is -2.26. The molecule has 2 rings (SSSR count). The van der Waals surface area contributed by atoms with Gasteiger partial charge in [-0.15, -0.1) is 0 Å². The molecule has 0 bridgehead atoms. The predicted octanol–water partition coefficient (Wildman–Crippen LogP) is 2.97. The van der Waals surface area contributed by atoms with Crippen LogP contribution in [0.3, 0.4) is 0 Å². The van der Waals surface area contributed by atoms with Crippen LogP contribution in [0.5, 0.6) is 0 Å². The summed E-state index contributed by atoms with van der Waals surface area (Å²) in [5.74, 6) is 1.81. The largest absolute Gasteiger partial charge is 0.375 e. The topological polar surface area (TPSA) is 21.3 Å². The molecule has 0 radical (unpaired) electrons. The SMILES string of the molecule is CNCC(CC1CCC(C)O1)C1CCCC1. The summed E-state index contributed by atoms with van der Waals surface area (Å²) in [5.41, 5.74) is 0. The van der Waals surface area contributed by atoms with Crippen molar-refractivity contribution in [3.05, 3.63) is 0 Å². The van der Waals surface area contributed by atoms with Crippen molar-refractivity contribution in [1.82, 2.24) is 5.32 Å². The maximum Gasteiger partial charge on any atom is 0.0583 e. The summed E-state index contributed by atoms with van der Waals surface area (Å²) >= 11 is 0. The van der Waals surface area contributed by atoms with E-state index in [9.17, 15) is 0 Å². The fourth-order valence-electron chi connectivity index (χ4n) is 3.53. The second-order valence-corrected chi connectivity index (χ2v) is 5.74. The molecule has 3 atom stereocenters. The fourth-order valence-corrected chi connectivity index (χ4v) is 3.53. The summed E-state index contributed by atoms with van der Waals surface area (Å²) in [7, 11) is 2.08. The highest BCUT2D eigenvalue weighted by Gasteiger charge is 2.30. The third-order valence-electron chi connectivity index (χ3n) is 4.42. The van der Waals surface area contributed by atoms with Crippen LogP contribution in [0, 0.1) is 11.8 Å². The standard InChI is InChI=1S/C14H27NO/c1-11-7-8-14(16-11)9-13(10-15-2)12-5-3-4-6-12/h11-15H,3-10H2,1-2H3. The Bertz CT molecular complexity index is 201. The molecule has 2 aliphatic rings. The molecule has 2 nitrogen and oxygen atoms in total. The molecule has 2 fully saturated rings. The van der Waals surface area contributed by atoms with E-state index in [1.54, 1.807) is 0 Å². The van der Waals surface area contributed by atoms with Crippen molar-refractivity contribution in [2.75, 3.05) is 13.6 Å². The van der Waals surface area contributed by atoms with Crippen LogP contribution in [-0.2, 0) is 4.74 Å². The first-order valence-corrected chi connectivity index (χ1v) is 7.09. The van der Waals surface area contributed by atoms with Crippen molar-refractivity contribution < 1.29 is 4.74 Å². The Balaban J connectivity index is 1.81. The van der Waals surface area contributed by atoms with Gasteiger partial charge in [0.2, 0.25) is 0 Å². The first-order valence-electron chi connectivity index (χ1n) is 7.09. The molecule has 0 spiro atoms. The van der Waals surface area contributed by atoms with Crippen LogP contribution < -0.4 is 5.32 Å². The molecule has 0 aromatic carbocycles. The van der Waals surface area contributed by atoms with Crippen molar-refractivity contribution in [3.63, 3.8) is 0 Å². The van der Waals surface area contributed by atoms with Gasteiger partial charge in [-0.3, -0.25) is 0 Å². The Morgan fingerprint density at radius 2 is 1.94 bits per heavy atom. The van der Waals surface area contributed by atoms with Gasteiger partial charge in [0.05, 0.1) is 12.2 Å². The molecule has 1 aliphatic heterocycles. The zero-order valence-electron chi connectivity index (χ0n) is 10.9. The molecule has 0 aromatic rings. The average Bonchev–Trinajstić information content (AvgIpc) is 2.88. The minimum Gasteiger partial charge on any atom is -0.375 e. The fraction of sp³-hybridized carbons (Fsp3) is 1.00. The molecule has 94 valence electrons. The summed E-state index contributed by atoms with van der Waals surface area (Å²) in [6, 6.07) is 0. The monoisotopic (exact) mass is 225 g/mol. The summed E-state index contributed by atoms with van der Waals surface area (Å²) in [6.07, 6.45) is 10.7. The summed E-state index contributed by atoms with van der Waals surface area (Å²) < 4.78 is 5.97. The van der Waals surface area contributed by atoms with E-state index in [4.69, 9.17) is 4.74 Å². The van der Waals surface area contributed by atoms with Crippen molar-refractivity contribution in [3.8, 4) is 0 Å². The van der Waals surface area contributed by atoms with Crippen molar-refractivity contribution in [1.29, 1.82) is 0 Å². The summed E-state index contributed by atoms with van der Waals surface area (Å²) in [6.45, 7) is 3.39. The summed E-state index contributed by atoms with van der Waals surface area (Å²) in [4.78, 5) is 0. The van der Waals surface area contributed by atoms with E-state index < -0.39 is 0 Å². The van der Waals surface area contributed by atoms with E-state index >= 15 is 0 Å². The number of rotatable bonds is 5. The average molecular weight is 225 g/mol. The van der Waals surface area contributed by atoms with Gasteiger partial charge in [-0.25, -0.2) is 0 Å². The maximum absolute atomic E-state index is 5.97. The quantitative estimate of drug-likeness (QED) is 0.776. The number of ether oxygens (including phenoxy) is 1. The third kappa shape index (κ3) is 3.21. The molecule has 1 heterocycles. The minimum atomic E-state index is 0.504. The highest BCUT2D eigenvalue weighted by Crippen LogP contribution is 2.35. The molecular formula is C14H27NO. The second kappa shape index (κ2) is 6.02. The molecule has 2 heteroatoms. The Hall–Kier alpha value is -0.0800. The lowest BCUT2D eigenvalue weighted by atomic mass is 9.85. The van der Waals surface area contributed by atoms with Crippen LogP contribution in [0.25, 0.3) is 0 Å². The van der Waals surface area contributed by atoms with Gasteiger partial charge in [0.1, 0.15) is 0 Å². The predicted molar refractivity (Wildman–Crippen MR) is 67.6 cm³/mol. The smallest absolute Gasteiger partial charge is 0.0583 e. The lowest BCUT2D eigenvalue weighted by Crippen LogP contribution is -2.28. The zero-order chi connectivity index (χ0) is 11.4. The molecule has 16 heavy (non-hydrogen) atoms. The number of hydrogen-bond acceptors (Lipinski definition) is 2. The van der Waals surface area contributed by atoms with Crippen molar-refractivity contribution in [2.45, 2.75) is 64.1 Å². The van der Waals surface area contributed by atoms with Crippen LogP contribution in [0.4, 0.5) is 0 Å². The summed E-state index contributed by atoms with van der Waals surface area (Å²) in [5, 5.41) is 3.37. The van der Waals surface area contributed by atoms with E-state index in [0.717, 1.165) is 11.8 Å². The van der Waals surface area contributed by atoms with Gasteiger partial charge in [-0.2, -0.15) is 0 Å². The number of nitrogens with one attached hydrogen (secondary N) is 1. The van der Waals surface area contributed by atoms with Gasteiger partial charge in [0, 0.05) is 0 Å². The van der Waals surface area contributed by atoms with Gasteiger partial charge >= 0.3 is 0 Å². The van der Waals surface area contributed by atoms with Crippen LogP contribution >= 0.6 is 0 Å². The maximum atomic E-state index is 5.97. The molecule has 0 amide bonds. The van der Waals surface area contributed by atoms with Crippen molar-refractivity contribution >= 4 is 0 Å². The molecular weight excluding hydrogens is 198 g/mol. The number of hydrogen-bond donors (Lipinski definition) is 1.